The number of halogens is 39. The molecule has 0 fully saturated rings. The van der Waals surface area contributed by atoms with Crippen molar-refractivity contribution in [1.82, 2.24) is 0 Å². The van der Waals surface area contributed by atoms with Crippen LogP contribution < -0.4 is 0 Å². The SMILES string of the molecule is C[N+](C)(C)CCC[Si](CCC(F)(F)C(F)(F)C(F)(F)C(F)(F)C(F)(F)C(F)(F)F)(CCC(F)(F)C(F)(F)C(F)(F)C(F)(F)C(F)(F)C(F)(F)F)CCC(F)(F)C(F)(F)C(F)(F)C(F)(F)C(F)(F)C(F)(F)F. The molecule has 0 amide bonds. The average Bonchev–Trinajstić information content (AvgIpc) is 3.12. The summed E-state index contributed by atoms with van der Waals surface area (Å²) in [5.74, 6) is -127. The predicted molar refractivity (Wildman–Crippen MR) is 159 cm³/mol. The smallest absolute Gasteiger partial charge is 0.331 e. The molecular weight excluding hydrogens is 1140 g/mol. The highest BCUT2D eigenvalue weighted by Crippen LogP contribution is 2.65. The molecule has 0 aromatic heterocycles. The summed E-state index contributed by atoms with van der Waals surface area (Å²) in [6.07, 6.45) is -37.7. The minimum Gasteiger partial charge on any atom is -0.331 e. The van der Waals surface area contributed by atoms with Gasteiger partial charge in [-0.15, -0.1) is 0 Å². The summed E-state index contributed by atoms with van der Waals surface area (Å²) in [6.45, 7) is -0.981. The van der Waals surface area contributed by atoms with Crippen LogP contribution in [0.5, 0.6) is 0 Å². The van der Waals surface area contributed by atoms with Crippen LogP contribution in [0, 0.1) is 0 Å². The zero-order valence-electron chi connectivity index (χ0n) is 34.1. The van der Waals surface area contributed by atoms with Gasteiger partial charge in [0.1, 0.15) is 0 Å². The summed E-state index contributed by atoms with van der Waals surface area (Å²) in [6, 6.07) is -11.6. The van der Waals surface area contributed by atoms with Crippen LogP contribution in [0.15, 0.2) is 0 Å². The predicted octanol–water partition coefficient (Wildman–Crippen LogP) is 15.9. The van der Waals surface area contributed by atoms with Crippen LogP contribution in [-0.4, -0.2) is 148 Å². The molecule has 0 N–H and O–H groups in total. The molecule has 0 heterocycles. The highest BCUT2D eigenvalue weighted by molar-refractivity contribution is 6.79. The molecule has 0 aliphatic heterocycles. The first-order valence-electron chi connectivity index (χ1n) is 17.8. The first-order valence-corrected chi connectivity index (χ1v) is 20.6. The van der Waals surface area contributed by atoms with Crippen LogP contribution >= 0.6 is 0 Å². The highest BCUT2D eigenvalue weighted by Gasteiger charge is 2.93. The summed E-state index contributed by atoms with van der Waals surface area (Å²) in [7, 11) is -4.05. The lowest BCUT2D eigenvalue weighted by Crippen LogP contribution is -2.70. The molecule has 0 radical (unpaired) electrons. The van der Waals surface area contributed by atoms with Crippen LogP contribution in [0.1, 0.15) is 25.7 Å². The molecule has 0 atom stereocenters. The van der Waals surface area contributed by atoms with E-state index in [1.165, 1.54) is 0 Å². The first-order chi connectivity index (χ1) is 30.1. The van der Waals surface area contributed by atoms with Gasteiger partial charge in [-0.2, -0.15) is 171 Å². The summed E-state index contributed by atoms with van der Waals surface area (Å²) < 4.78 is 537. The molecule has 0 saturated carbocycles. The van der Waals surface area contributed by atoms with Crippen LogP contribution in [0.4, 0.5) is 171 Å². The third kappa shape index (κ3) is 11.1. The first kappa shape index (κ1) is 68.4. The monoisotopic (exact) mass is 1170 g/mol. The Morgan fingerprint density at radius 2 is 0.408 bits per heavy atom. The second-order valence-corrected chi connectivity index (χ2v) is 21.6. The fourth-order valence-corrected chi connectivity index (χ4v) is 10.8. The molecule has 0 bridgehead atoms. The topological polar surface area (TPSA) is 0 Å². The quantitative estimate of drug-likeness (QED) is 0.0486. The largest absolute Gasteiger partial charge is 0.460 e. The lowest BCUT2D eigenvalue weighted by molar-refractivity contribution is -0.870. The van der Waals surface area contributed by atoms with Crippen molar-refractivity contribution < 1.29 is 176 Å². The van der Waals surface area contributed by atoms with Crippen LogP contribution in [-0.2, 0) is 0 Å². The van der Waals surface area contributed by atoms with Gasteiger partial charge in [0.15, 0.2) is 0 Å². The van der Waals surface area contributed by atoms with E-state index in [9.17, 15) is 171 Å². The number of rotatable bonds is 25. The molecule has 0 spiro atoms. The summed E-state index contributed by atoms with van der Waals surface area (Å²) in [4.78, 5) is 0. The molecule has 0 rings (SSSR count). The van der Waals surface area contributed by atoms with Crippen molar-refractivity contribution in [3.05, 3.63) is 0 Å². The Morgan fingerprint density at radius 1 is 0.239 bits per heavy atom. The number of hydrogen-bond donors (Lipinski definition) is 0. The standard InChI is InChI=1S/C30H27F39NSi/c1-70(2,3)8-4-9-71(10-5-13(31,32)16(37,38)19(43,44)22(49,50)25(55,56)28(61,62)63,11-6-14(33,34)17(39,40)20(45,46)23(51,52)26(57,58)29(64,65)66)12-7-15(35,36)18(41,42)21(47,48)24(53,54)27(59,60)30(67,68)69/h4-12H2,1-3H3/q+1. The van der Waals surface area contributed by atoms with E-state index in [0.717, 1.165) is 21.1 Å². The Bertz CT molecular complexity index is 1600. The highest BCUT2D eigenvalue weighted by atomic mass is 28.3. The molecule has 1 nitrogen and oxygen atoms in total. The van der Waals surface area contributed by atoms with E-state index < -0.39 is 176 Å². The Labute approximate surface area is 369 Å². The zero-order chi connectivity index (χ0) is 58.4. The van der Waals surface area contributed by atoms with Gasteiger partial charge < -0.3 is 4.48 Å². The van der Waals surface area contributed by atoms with Crippen molar-refractivity contribution in [2.24, 2.45) is 0 Å². The van der Waals surface area contributed by atoms with Gasteiger partial charge >= 0.3 is 107 Å². The van der Waals surface area contributed by atoms with Gasteiger partial charge in [0, 0.05) is 19.3 Å². The van der Waals surface area contributed by atoms with Crippen LogP contribution in [0.3, 0.4) is 0 Å². The minimum absolute atomic E-state index is 0.792. The maximum atomic E-state index is 15.0. The Hall–Kier alpha value is -2.55. The zero-order valence-corrected chi connectivity index (χ0v) is 35.1. The summed E-state index contributed by atoms with van der Waals surface area (Å²) >= 11 is 0. The third-order valence-electron chi connectivity index (χ3n) is 10.4. The van der Waals surface area contributed by atoms with Crippen LogP contribution in [0.25, 0.3) is 0 Å². The van der Waals surface area contributed by atoms with Gasteiger partial charge in [-0.25, -0.2) is 0 Å². The maximum Gasteiger partial charge on any atom is 0.460 e. The van der Waals surface area contributed by atoms with Gasteiger partial charge in [-0.3, -0.25) is 0 Å². The van der Waals surface area contributed by atoms with E-state index in [2.05, 4.69) is 0 Å². The molecule has 0 aliphatic carbocycles. The van der Waals surface area contributed by atoms with Gasteiger partial charge in [0.2, 0.25) is 0 Å². The Morgan fingerprint density at radius 3 is 0.563 bits per heavy atom. The van der Waals surface area contributed by atoms with Crippen molar-refractivity contribution in [3.63, 3.8) is 0 Å². The van der Waals surface area contributed by atoms with E-state index in [4.69, 9.17) is 0 Å². The van der Waals surface area contributed by atoms with E-state index in [1.54, 1.807) is 0 Å². The van der Waals surface area contributed by atoms with Crippen molar-refractivity contribution in [2.75, 3.05) is 27.7 Å². The maximum absolute atomic E-state index is 15.0. The fraction of sp³-hybridized carbons (Fsp3) is 1.00. The molecule has 0 aliphatic rings. The Kier molecular flexibility index (Phi) is 18.0. The van der Waals surface area contributed by atoms with Crippen molar-refractivity contribution in [2.45, 2.75) is 157 Å². The second kappa shape index (κ2) is 18.6. The van der Waals surface area contributed by atoms with Gasteiger partial charge in [-0.1, -0.05) is 24.2 Å². The molecule has 41 heteroatoms. The second-order valence-electron chi connectivity index (χ2n) is 16.6. The molecular formula is C30H27F39NSi+. The molecule has 428 valence electrons. The lowest BCUT2D eigenvalue weighted by Gasteiger charge is -2.43. The summed E-state index contributed by atoms with van der Waals surface area (Å²) in [5, 5.41) is 0. The number of nitrogens with zero attached hydrogens (tertiary/aromatic N) is 1. The molecule has 71 heavy (non-hydrogen) atoms. The normalized spacial score (nSPS) is 16.8. The van der Waals surface area contributed by atoms with E-state index in [-0.39, 0.29) is 0 Å². The van der Waals surface area contributed by atoms with Gasteiger partial charge in [-0.05, 0) is 6.42 Å². The lowest BCUT2D eigenvalue weighted by atomic mass is 9.93. The van der Waals surface area contributed by atoms with Crippen molar-refractivity contribution in [1.29, 1.82) is 0 Å². The van der Waals surface area contributed by atoms with E-state index in [0.29, 0.717) is 0 Å². The van der Waals surface area contributed by atoms with Gasteiger partial charge in [0.05, 0.1) is 35.8 Å². The Balaban J connectivity index is 8.38. The molecule has 0 aromatic carbocycles. The number of quaternary nitrogens is 1. The van der Waals surface area contributed by atoms with E-state index >= 15 is 0 Å². The number of hydrogen-bond acceptors (Lipinski definition) is 0. The number of alkyl halides is 39. The van der Waals surface area contributed by atoms with Crippen LogP contribution in [0.2, 0.25) is 24.2 Å². The van der Waals surface area contributed by atoms with Crippen molar-refractivity contribution >= 4 is 8.07 Å². The summed E-state index contributed by atoms with van der Waals surface area (Å²) in [5.41, 5.74) is 0. The third-order valence-corrected chi connectivity index (χ3v) is 15.8. The fourth-order valence-electron chi connectivity index (χ4n) is 5.82. The van der Waals surface area contributed by atoms with Crippen molar-refractivity contribution in [3.8, 4) is 0 Å². The molecule has 0 unspecified atom stereocenters. The minimum atomic E-state index is -8.84. The van der Waals surface area contributed by atoms with Gasteiger partial charge in [0.25, 0.3) is 0 Å². The van der Waals surface area contributed by atoms with E-state index in [1.807, 2.05) is 0 Å². The molecule has 0 aromatic rings. The molecule has 0 saturated heterocycles. The average molecular weight is 1170 g/mol.